The van der Waals surface area contributed by atoms with E-state index in [1.807, 2.05) is 30.3 Å². The van der Waals surface area contributed by atoms with E-state index in [-0.39, 0.29) is 5.97 Å². The molecule has 0 radical (unpaired) electrons. The van der Waals surface area contributed by atoms with Crippen LogP contribution in [-0.4, -0.2) is 43.5 Å². The van der Waals surface area contributed by atoms with Crippen molar-refractivity contribution in [1.82, 2.24) is 9.55 Å². The van der Waals surface area contributed by atoms with Gasteiger partial charge in [0.15, 0.2) is 0 Å². The van der Waals surface area contributed by atoms with Gasteiger partial charge in [0, 0.05) is 30.1 Å². The molecule has 0 aliphatic heterocycles. The lowest BCUT2D eigenvalue weighted by atomic mass is 10.1. The molecule has 0 saturated heterocycles. The summed E-state index contributed by atoms with van der Waals surface area (Å²) in [6.45, 7) is 1.17. The zero-order chi connectivity index (χ0) is 19.4. The predicted octanol–water partition coefficient (Wildman–Crippen LogP) is 3.83. The molecule has 1 heterocycles. The van der Waals surface area contributed by atoms with Crippen molar-refractivity contribution < 1.29 is 19.0 Å². The van der Waals surface area contributed by atoms with Gasteiger partial charge < -0.3 is 18.8 Å². The highest BCUT2D eigenvalue weighted by atomic mass is 79.9. The van der Waals surface area contributed by atoms with Crippen LogP contribution in [0.2, 0.25) is 0 Å². The number of methoxy groups -OCH3 is 3. The average molecular weight is 433 g/mol. The maximum atomic E-state index is 11.9. The maximum Gasteiger partial charge on any atom is 0.337 e. The monoisotopic (exact) mass is 432 g/mol. The Balaban J connectivity index is 2.07. The maximum absolute atomic E-state index is 11.9. The van der Waals surface area contributed by atoms with Crippen LogP contribution in [0.15, 0.2) is 40.9 Å². The average Bonchev–Trinajstić information content (AvgIpc) is 3.03. The summed E-state index contributed by atoms with van der Waals surface area (Å²) in [6.07, 6.45) is 0.600. The van der Waals surface area contributed by atoms with E-state index in [0.29, 0.717) is 25.1 Å². The summed E-state index contributed by atoms with van der Waals surface area (Å²) in [5.74, 6) is 1.31. The molecule has 142 valence electrons. The lowest BCUT2D eigenvalue weighted by molar-refractivity contribution is 0.0601. The molecule has 6 nitrogen and oxygen atoms in total. The van der Waals surface area contributed by atoms with Crippen molar-refractivity contribution >= 4 is 32.9 Å². The Morgan fingerprint density at radius 1 is 1.15 bits per heavy atom. The fourth-order valence-electron chi connectivity index (χ4n) is 3.02. The zero-order valence-electron chi connectivity index (χ0n) is 15.5. The second-order valence-electron chi connectivity index (χ2n) is 6.00. The van der Waals surface area contributed by atoms with Gasteiger partial charge in [0.2, 0.25) is 0 Å². The predicted molar refractivity (Wildman–Crippen MR) is 106 cm³/mol. The Bertz CT molecular complexity index is 968. The molecule has 0 saturated carbocycles. The molecule has 0 bridgehead atoms. The number of imidazole rings is 1. The fourth-order valence-corrected chi connectivity index (χ4v) is 3.36. The Hall–Kier alpha value is -2.38. The Morgan fingerprint density at radius 3 is 2.67 bits per heavy atom. The first-order valence-electron chi connectivity index (χ1n) is 8.46. The third-order valence-corrected chi connectivity index (χ3v) is 4.86. The first-order valence-corrected chi connectivity index (χ1v) is 9.25. The first kappa shape index (κ1) is 19.4. The van der Waals surface area contributed by atoms with Crippen LogP contribution in [0.4, 0.5) is 0 Å². The number of ether oxygens (including phenoxy) is 3. The van der Waals surface area contributed by atoms with Crippen LogP contribution < -0.4 is 4.74 Å². The molecule has 3 rings (SSSR count). The third-order valence-electron chi connectivity index (χ3n) is 4.37. The summed E-state index contributed by atoms with van der Waals surface area (Å²) in [4.78, 5) is 16.7. The number of hydrogen-bond donors (Lipinski definition) is 0. The van der Waals surface area contributed by atoms with Gasteiger partial charge in [-0.15, -0.1) is 0 Å². The van der Waals surface area contributed by atoms with E-state index in [9.17, 15) is 4.79 Å². The lowest BCUT2D eigenvalue weighted by Crippen LogP contribution is -2.10. The number of carbonyl (C=O) groups excluding carboxylic acids is 1. The van der Waals surface area contributed by atoms with Crippen LogP contribution in [-0.2, 0) is 22.4 Å². The Kier molecular flexibility index (Phi) is 6.13. The number of hydrogen-bond acceptors (Lipinski definition) is 5. The van der Waals surface area contributed by atoms with E-state index in [1.165, 1.54) is 7.11 Å². The van der Waals surface area contributed by atoms with Crippen LogP contribution in [0.5, 0.6) is 5.75 Å². The molecule has 7 heteroatoms. The molecule has 3 aromatic rings. The van der Waals surface area contributed by atoms with Crippen LogP contribution in [0, 0.1) is 0 Å². The highest BCUT2D eigenvalue weighted by molar-refractivity contribution is 9.10. The number of esters is 1. The van der Waals surface area contributed by atoms with Gasteiger partial charge in [-0.25, -0.2) is 9.78 Å². The highest BCUT2D eigenvalue weighted by Crippen LogP contribution is 2.27. The zero-order valence-corrected chi connectivity index (χ0v) is 17.1. The van der Waals surface area contributed by atoms with Crippen molar-refractivity contribution in [3.63, 3.8) is 0 Å². The smallest absolute Gasteiger partial charge is 0.337 e. The largest absolute Gasteiger partial charge is 0.496 e. The third kappa shape index (κ3) is 4.14. The summed E-state index contributed by atoms with van der Waals surface area (Å²) in [7, 11) is 4.69. The Morgan fingerprint density at radius 2 is 1.96 bits per heavy atom. The van der Waals surface area contributed by atoms with Gasteiger partial charge in [-0.05, 0) is 30.3 Å². The molecule has 0 unspecified atom stereocenters. The number of carbonyl (C=O) groups is 1. The molecule has 1 aromatic heterocycles. The molecular weight excluding hydrogens is 412 g/mol. The fraction of sp³-hybridized carbons (Fsp3) is 0.300. The standard InChI is InChI=1S/C20H21BrN2O4/c1-25-9-8-23-17-10-14(20(24)27-3)5-7-16(17)22-19(23)11-13-4-6-15(21)12-18(13)26-2/h4-7,10,12H,8-9,11H2,1-3H3. The Labute approximate surface area is 166 Å². The van der Waals surface area contributed by atoms with Crippen molar-refractivity contribution in [3.05, 3.63) is 57.8 Å². The van der Waals surface area contributed by atoms with Crippen LogP contribution in [0.1, 0.15) is 21.7 Å². The minimum atomic E-state index is -0.368. The number of nitrogens with zero attached hydrogens (tertiary/aromatic N) is 2. The van der Waals surface area contributed by atoms with Crippen LogP contribution in [0.25, 0.3) is 11.0 Å². The molecule has 0 N–H and O–H groups in total. The van der Waals surface area contributed by atoms with E-state index in [1.54, 1.807) is 20.3 Å². The number of benzene rings is 2. The SMILES string of the molecule is COCCn1c(Cc2ccc(Br)cc2OC)nc2ccc(C(=O)OC)cc21. The molecule has 0 atom stereocenters. The van der Waals surface area contributed by atoms with Gasteiger partial charge in [0.25, 0.3) is 0 Å². The first-order chi connectivity index (χ1) is 13.1. The van der Waals surface area contributed by atoms with Gasteiger partial charge in [0.1, 0.15) is 11.6 Å². The second-order valence-corrected chi connectivity index (χ2v) is 6.92. The van der Waals surface area contributed by atoms with Crippen molar-refractivity contribution in [2.75, 3.05) is 27.9 Å². The molecule has 0 aliphatic rings. The van der Waals surface area contributed by atoms with Crippen molar-refractivity contribution in [2.45, 2.75) is 13.0 Å². The number of aromatic nitrogens is 2. The van der Waals surface area contributed by atoms with Gasteiger partial charge in [-0.1, -0.05) is 22.0 Å². The number of fused-ring (bicyclic) bond motifs is 1. The minimum absolute atomic E-state index is 0.368. The molecule has 0 fully saturated rings. The molecule has 0 amide bonds. The van der Waals surface area contributed by atoms with Crippen LogP contribution in [0.3, 0.4) is 0 Å². The summed E-state index contributed by atoms with van der Waals surface area (Å²) >= 11 is 3.47. The lowest BCUT2D eigenvalue weighted by Gasteiger charge is -2.12. The molecular formula is C20H21BrN2O4. The van der Waals surface area contributed by atoms with Crippen LogP contribution >= 0.6 is 15.9 Å². The summed E-state index contributed by atoms with van der Waals surface area (Å²) < 4.78 is 18.6. The minimum Gasteiger partial charge on any atom is -0.496 e. The number of rotatable bonds is 7. The van der Waals surface area contributed by atoms with Crippen molar-refractivity contribution in [3.8, 4) is 5.75 Å². The highest BCUT2D eigenvalue weighted by Gasteiger charge is 2.16. The molecule has 27 heavy (non-hydrogen) atoms. The van der Waals surface area contributed by atoms with E-state index in [0.717, 1.165) is 32.6 Å². The van der Waals surface area contributed by atoms with Gasteiger partial charge >= 0.3 is 5.97 Å². The molecule has 0 aliphatic carbocycles. The van der Waals surface area contributed by atoms with E-state index < -0.39 is 0 Å². The van der Waals surface area contributed by atoms with Gasteiger partial charge in [0.05, 0.1) is 37.4 Å². The molecule has 0 spiro atoms. The second kappa shape index (κ2) is 8.54. The van der Waals surface area contributed by atoms with Gasteiger partial charge in [-0.2, -0.15) is 0 Å². The van der Waals surface area contributed by atoms with Crippen molar-refractivity contribution in [1.29, 1.82) is 0 Å². The van der Waals surface area contributed by atoms with E-state index in [2.05, 4.69) is 20.5 Å². The van der Waals surface area contributed by atoms with Crippen molar-refractivity contribution in [2.24, 2.45) is 0 Å². The van der Waals surface area contributed by atoms with Gasteiger partial charge in [-0.3, -0.25) is 0 Å². The van der Waals surface area contributed by atoms with E-state index in [4.69, 9.17) is 19.2 Å². The summed E-state index contributed by atoms with van der Waals surface area (Å²) in [6, 6.07) is 11.3. The quantitative estimate of drug-likeness (QED) is 0.530. The van der Waals surface area contributed by atoms with E-state index >= 15 is 0 Å². The summed E-state index contributed by atoms with van der Waals surface area (Å²) in [5, 5.41) is 0. The normalized spacial score (nSPS) is 11.0. The summed E-state index contributed by atoms with van der Waals surface area (Å²) in [5.41, 5.74) is 3.23. The topological polar surface area (TPSA) is 62.6 Å². The molecule has 2 aromatic carbocycles. The number of halogens is 1.